The summed E-state index contributed by atoms with van der Waals surface area (Å²) in [5.41, 5.74) is 2.25. The minimum Gasteiger partial charge on any atom is -0.359 e. The van der Waals surface area contributed by atoms with Crippen LogP contribution in [0.2, 0.25) is 0 Å². The fourth-order valence-electron chi connectivity index (χ4n) is 4.87. The van der Waals surface area contributed by atoms with Gasteiger partial charge in [0, 0.05) is 6.20 Å². The molecule has 3 aliphatic rings. The van der Waals surface area contributed by atoms with Crippen LogP contribution in [-0.2, 0) is 14.4 Å². The first-order chi connectivity index (χ1) is 13.5. The van der Waals surface area contributed by atoms with Crippen LogP contribution in [0.5, 0.6) is 0 Å². The number of imide groups is 1. The van der Waals surface area contributed by atoms with E-state index in [1.54, 1.807) is 0 Å². The van der Waals surface area contributed by atoms with Gasteiger partial charge in [-0.2, -0.15) is 0 Å². The average molecular weight is 376 g/mol. The van der Waals surface area contributed by atoms with E-state index in [9.17, 15) is 18.8 Å². The predicted molar refractivity (Wildman–Crippen MR) is 100 cm³/mol. The molecule has 0 spiro atoms. The summed E-state index contributed by atoms with van der Waals surface area (Å²) in [6.07, 6.45) is 3.73. The van der Waals surface area contributed by atoms with E-state index in [0.29, 0.717) is 5.69 Å². The zero-order valence-electron chi connectivity index (χ0n) is 15.1. The largest absolute Gasteiger partial charge is 0.359 e. The van der Waals surface area contributed by atoms with E-state index in [0.717, 1.165) is 16.0 Å². The Bertz CT molecular complexity index is 1050. The number of Topliss-reactive ketones (excluding diaryl/α,β-unsaturated/α-hetero) is 1. The van der Waals surface area contributed by atoms with Gasteiger partial charge in [0.05, 0.1) is 29.6 Å². The molecular formula is C22H17FN2O3. The van der Waals surface area contributed by atoms with Gasteiger partial charge in [-0.1, -0.05) is 24.3 Å². The Hall–Kier alpha value is -3.28. The fraction of sp³-hybridized carbons (Fsp3) is 0.227. The van der Waals surface area contributed by atoms with Crippen molar-refractivity contribution < 1.29 is 18.8 Å². The summed E-state index contributed by atoms with van der Waals surface area (Å²) in [5, 5.41) is 0. The summed E-state index contributed by atoms with van der Waals surface area (Å²) < 4.78 is 13.3. The molecule has 0 N–H and O–H groups in total. The number of amides is 2. The van der Waals surface area contributed by atoms with E-state index < -0.39 is 29.6 Å². The lowest BCUT2D eigenvalue weighted by molar-refractivity contribution is -0.129. The molecule has 0 radical (unpaired) electrons. The zero-order valence-corrected chi connectivity index (χ0v) is 15.1. The van der Waals surface area contributed by atoms with Crippen LogP contribution in [0.1, 0.15) is 24.1 Å². The maximum atomic E-state index is 13.4. The van der Waals surface area contributed by atoms with Crippen molar-refractivity contribution in [1.82, 2.24) is 4.90 Å². The van der Waals surface area contributed by atoms with Crippen molar-refractivity contribution in [3.8, 4) is 0 Å². The number of ketones is 1. The van der Waals surface area contributed by atoms with Crippen LogP contribution in [-0.4, -0.2) is 28.5 Å². The van der Waals surface area contributed by atoms with Crippen molar-refractivity contribution in [2.24, 2.45) is 11.8 Å². The summed E-state index contributed by atoms with van der Waals surface area (Å²) >= 11 is 0. The standard InChI is InChI=1S/C22H17FN2O3/c1-12(26)19-17-18(20-16-5-3-2-4-13(16)10-11-24(19)20)22(28)25(21(17)27)15-8-6-14(23)7-9-15/h2-11,17-20H,1H3/t17-,18+,19-,20-/m1/s1. The molecule has 0 unspecified atom stereocenters. The molecule has 2 aromatic rings. The van der Waals surface area contributed by atoms with E-state index in [-0.39, 0.29) is 17.7 Å². The second-order valence-electron chi connectivity index (χ2n) is 7.43. The number of rotatable bonds is 2. The van der Waals surface area contributed by atoms with Crippen LogP contribution >= 0.6 is 0 Å². The highest BCUT2D eigenvalue weighted by Gasteiger charge is 2.63. The second-order valence-corrected chi connectivity index (χ2v) is 7.43. The first kappa shape index (κ1) is 16.9. The second kappa shape index (κ2) is 5.86. The molecule has 0 aliphatic carbocycles. The monoisotopic (exact) mass is 376 g/mol. The summed E-state index contributed by atoms with van der Waals surface area (Å²) in [4.78, 5) is 42.1. The van der Waals surface area contributed by atoms with Gasteiger partial charge < -0.3 is 4.90 Å². The van der Waals surface area contributed by atoms with Crippen LogP contribution in [0.15, 0.2) is 54.7 Å². The van der Waals surface area contributed by atoms with E-state index in [4.69, 9.17) is 0 Å². The van der Waals surface area contributed by atoms with E-state index in [1.165, 1.54) is 31.2 Å². The van der Waals surface area contributed by atoms with Gasteiger partial charge in [0.15, 0.2) is 5.78 Å². The van der Waals surface area contributed by atoms with Crippen LogP contribution in [0, 0.1) is 17.7 Å². The molecule has 2 fully saturated rings. The molecule has 140 valence electrons. The van der Waals surface area contributed by atoms with Crippen LogP contribution < -0.4 is 4.90 Å². The number of anilines is 1. The van der Waals surface area contributed by atoms with Gasteiger partial charge in [0.1, 0.15) is 5.82 Å². The summed E-state index contributed by atoms with van der Waals surface area (Å²) in [6.45, 7) is 1.46. The number of carbonyl (C=O) groups excluding carboxylic acids is 3. The van der Waals surface area contributed by atoms with Crippen molar-refractivity contribution in [2.45, 2.75) is 19.0 Å². The first-order valence-corrected chi connectivity index (χ1v) is 9.17. The molecule has 0 bridgehead atoms. The quantitative estimate of drug-likeness (QED) is 0.757. The number of fused-ring (bicyclic) bond motifs is 5. The lowest BCUT2D eigenvalue weighted by Crippen LogP contribution is -2.43. The van der Waals surface area contributed by atoms with Crippen molar-refractivity contribution in [3.05, 3.63) is 71.7 Å². The van der Waals surface area contributed by atoms with Gasteiger partial charge in [-0.25, -0.2) is 9.29 Å². The molecule has 5 rings (SSSR count). The van der Waals surface area contributed by atoms with Crippen molar-refractivity contribution in [1.29, 1.82) is 0 Å². The number of hydrogen-bond acceptors (Lipinski definition) is 4. The molecule has 5 nitrogen and oxygen atoms in total. The molecule has 0 saturated carbocycles. The number of hydrogen-bond donors (Lipinski definition) is 0. The minimum atomic E-state index is -0.754. The Morgan fingerprint density at radius 3 is 2.36 bits per heavy atom. The lowest BCUT2D eigenvalue weighted by Gasteiger charge is -2.34. The van der Waals surface area contributed by atoms with Crippen molar-refractivity contribution in [2.75, 3.05) is 4.90 Å². The predicted octanol–water partition coefficient (Wildman–Crippen LogP) is 2.93. The van der Waals surface area contributed by atoms with Crippen molar-refractivity contribution in [3.63, 3.8) is 0 Å². The third kappa shape index (κ3) is 2.14. The molecule has 0 aromatic heterocycles. The zero-order chi connectivity index (χ0) is 19.6. The molecule has 3 aliphatic heterocycles. The fourth-order valence-corrected chi connectivity index (χ4v) is 4.87. The van der Waals surface area contributed by atoms with Crippen molar-refractivity contribution >= 4 is 29.4 Å². The molecule has 2 amide bonds. The summed E-state index contributed by atoms with van der Waals surface area (Å²) in [5.74, 6) is -2.74. The Balaban J connectivity index is 1.65. The third-order valence-corrected chi connectivity index (χ3v) is 5.96. The topological polar surface area (TPSA) is 57.7 Å². The average Bonchev–Trinajstić information content (AvgIpc) is 3.16. The van der Waals surface area contributed by atoms with Gasteiger partial charge in [-0.3, -0.25) is 14.4 Å². The van der Waals surface area contributed by atoms with E-state index in [2.05, 4.69) is 0 Å². The smallest absolute Gasteiger partial charge is 0.240 e. The van der Waals surface area contributed by atoms with Crippen LogP contribution in [0.3, 0.4) is 0 Å². The summed E-state index contributed by atoms with van der Waals surface area (Å²) in [6, 6.07) is 11.9. The SMILES string of the molecule is CC(=O)[C@@H]1[C@@H]2C(=O)N(c3ccc(F)cc3)C(=O)[C@@H]2[C@H]2c3ccccc3C=CN12. The normalized spacial score (nSPS) is 27.6. The van der Waals surface area contributed by atoms with E-state index in [1.807, 2.05) is 41.4 Å². The minimum absolute atomic E-state index is 0.149. The number of halogens is 1. The van der Waals surface area contributed by atoms with E-state index >= 15 is 0 Å². The molecule has 6 heteroatoms. The maximum absolute atomic E-state index is 13.4. The highest BCUT2D eigenvalue weighted by Crippen LogP contribution is 2.53. The maximum Gasteiger partial charge on any atom is 0.240 e. The van der Waals surface area contributed by atoms with Gasteiger partial charge in [-0.05, 0) is 48.4 Å². The third-order valence-electron chi connectivity index (χ3n) is 5.96. The van der Waals surface area contributed by atoms with Gasteiger partial charge in [-0.15, -0.1) is 0 Å². The van der Waals surface area contributed by atoms with Crippen LogP contribution in [0.4, 0.5) is 10.1 Å². The first-order valence-electron chi connectivity index (χ1n) is 9.17. The van der Waals surface area contributed by atoms with Gasteiger partial charge >= 0.3 is 0 Å². The summed E-state index contributed by atoms with van der Waals surface area (Å²) in [7, 11) is 0. The molecular weight excluding hydrogens is 359 g/mol. The molecule has 2 aromatic carbocycles. The lowest BCUT2D eigenvalue weighted by atomic mass is 9.84. The van der Waals surface area contributed by atoms with Gasteiger partial charge in [0.2, 0.25) is 11.8 Å². The molecule has 28 heavy (non-hydrogen) atoms. The molecule has 2 saturated heterocycles. The number of nitrogens with zero attached hydrogens (tertiary/aromatic N) is 2. The number of benzene rings is 2. The van der Waals surface area contributed by atoms with Crippen LogP contribution in [0.25, 0.3) is 6.08 Å². The highest BCUT2D eigenvalue weighted by molar-refractivity contribution is 6.24. The Morgan fingerprint density at radius 1 is 0.964 bits per heavy atom. The highest BCUT2D eigenvalue weighted by atomic mass is 19.1. The molecule has 4 atom stereocenters. The van der Waals surface area contributed by atoms with Gasteiger partial charge in [0.25, 0.3) is 0 Å². The Labute approximate surface area is 161 Å². The molecule has 3 heterocycles. The Morgan fingerprint density at radius 2 is 1.64 bits per heavy atom. The number of carbonyl (C=O) groups is 3. The Kier molecular flexibility index (Phi) is 3.53.